The van der Waals surface area contributed by atoms with Gasteiger partial charge in [-0.1, -0.05) is 35.0 Å². The molecule has 3 aromatic rings. The zero-order valence-electron chi connectivity index (χ0n) is 15.6. The quantitative estimate of drug-likeness (QED) is 0.504. The van der Waals surface area contributed by atoms with Crippen molar-refractivity contribution in [3.8, 4) is 17.1 Å². The van der Waals surface area contributed by atoms with Crippen molar-refractivity contribution < 1.29 is 9.26 Å². The molecule has 0 atom stereocenters. The van der Waals surface area contributed by atoms with E-state index in [9.17, 15) is 0 Å². The molecule has 0 N–H and O–H groups in total. The van der Waals surface area contributed by atoms with Crippen molar-refractivity contribution in [1.29, 1.82) is 0 Å². The minimum Gasteiger partial charge on any atom is -0.496 e. The number of rotatable bonds is 8. The van der Waals surface area contributed by atoms with E-state index in [4.69, 9.17) is 20.9 Å². The topological polar surface area (TPSA) is 51.4 Å². The maximum absolute atomic E-state index is 6.02. The number of halogens is 1. The minimum atomic E-state index is 0.563. The van der Waals surface area contributed by atoms with Crippen molar-refractivity contribution in [2.24, 2.45) is 0 Å². The van der Waals surface area contributed by atoms with E-state index in [1.807, 2.05) is 30.5 Å². The fraction of sp³-hybridized carbons (Fsp3) is 0.300. The lowest BCUT2D eigenvalue weighted by molar-refractivity contribution is 0.303. The van der Waals surface area contributed by atoms with Crippen molar-refractivity contribution in [3.05, 3.63) is 58.9 Å². The van der Waals surface area contributed by atoms with Gasteiger partial charge in [0.05, 0.1) is 7.11 Å². The van der Waals surface area contributed by atoms with E-state index in [1.165, 1.54) is 5.56 Å². The number of likely N-dealkylation sites (N-methyl/N-ethyl adjacent to an activating group) is 1. The third-order valence-corrected chi connectivity index (χ3v) is 5.17. The summed E-state index contributed by atoms with van der Waals surface area (Å²) in [7, 11) is 3.78. The van der Waals surface area contributed by atoms with E-state index in [0.29, 0.717) is 23.2 Å². The standard InChI is InChI=1S/C20H22ClN3O2S/c1-24(13-14-7-8-18(27-3)17(11-14)25-2)10-9-19-22-20(23-26-19)15-5-4-6-16(21)12-15/h4-8,11-12H,9-10,13H2,1-3H3. The number of ether oxygens (including phenoxy) is 1. The lowest BCUT2D eigenvalue weighted by Crippen LogP contribution is -2.20. The van der Waals surface area contributed by atoms with Crippen molar-refractivity contribution >= 4 is 23.4 Å². The molecule has 1 heterocycles. The average molecular weight is 404 g/mol. The van der Waals surface area contributed by atoms with Crippen LogP contribution in [0.5, 0.6) is 5.75 Å². The molecule has 0 saturated heterocycles. The first kappa shape index (κ1) is 19.7. The Morgan fingerprint density at radius 2 is 2.07 bits per heavy atom. The fourth-order valence-electron chi connectivity index (χ4n) is 2.76. The number of hydrogen-bond acceptors (Lipinski definition) is 6. The molecular weight excluding hydrogens is 382 g/mol. The Balaban J connectivity index is 1.57. The van der Waals surface area contributed by atoms with Crippen LogP contribution in [0.15, 0.2) is 51.9 Å². The molecule has 3 rings (SSSR count). The van der Waals surface area contributed by atoms with Crippen LogP contribution >= 0.6 is 23.4 Å². The average Bonchev–Trinajstić information content (AvgIpc) is 3.15. The molecule has 142 valence electrons. The highest BCUT2D eigenvalue weighted by molar-refractivity contribution is 7.98. The summed E-state index contributed by atoms with van der Waals surface area (Å²) in [5.41, 5.74) is 2.06. The second-order valence-corrected chi connectivity index (χ2v) is 7.48. The third kappa shape index (κ3) is 5.25. The zero-order valence-corrected chi connectivity index (χ0v) is 17.2. The molecular formula is C20H22ClN3O2S. The molecule has 2 aromatic carbocycles. The van der Waals surface area contributed by atoms with Gasteiger partial charge in [0, 0.05) is 35.0 Å². The van der Waals surface area contributed by atoms with Gasteiger partial charge in [0.2, 0.25) is 11.7 Å². The van der Waals surface area contributed by atoms with Crippen molar-refractivity contribution in [2.75, 3.05) is 27.0 Å². The van der Waals surface area contributed by atoms with Crippen LogP contribution < -0.4 is 4.74 Å². The van der Waals surface area contributed by atoms with Crippen LogP contribution in [0.2, 0.25) is 5.02 Å². The van der Waals surface area contributed by atoms with E-state index in [-0.39, 0.29) is 0 Å². The first-order chi connectivity index (χ1) is 13.1. The predicted octanol–water partition coefficient (Wildman–Crippen LogP) is 4.80. The van der Waals surface area contributed by atoms with Crippen molar-refractivity contribution in [3.63, 3.8) is 0 Å². The predicted molar refractivity (Wildman–Crippen MR) is 110 cm³/mol. The van der Waals surface area contributed by atoms with Gasteiger partial charge in [0.15, 0.2) is 0 Å². The molecule has 1 aromatic heterocycles. The summed E-state index contributed by atoms with van der Waals surface area (Å²) < 4.78 is 10.8. The highest BCUT2D eigenvalue weighted by Crippen LogP contribution is 2.28. The van der Waals surface area contributed by atoms with Crippen LogP contribution in [-0.4, -0.2) is 42.0 Å². The highest BCUT2D eigenvalue weighted by atomic mass is 35.5. The molecule has 0 bridgehead atoms. The van der Waals surface area contributed by atoms with E-state index in [1.54, 1.807) is 18.9 Å². The van der Waals surface area contributed by atoms with Crippen LogP contribution in [0.3, 0.4) is 0 Å². The lowest BCUT2D eigenvalue weighted by Gasteiger charge is -2.16. The highest BCUT2D eigenvalue weighted by Gasteiger charge is 2.11. The Bertz CT molecular complexity index is 900. The molecule has 0 aliphatic heterocycles. The second-order valence-electron chi connectivity index (χ2n) is 6.20. The molecule has 5 nitrogen and oxygen atoms in total. The molecule has 27 heavy (non-hydrogen) atoms. The maximum Gasteiger partial charge on any atom is 0.228 e. The van der Waals surface area contributed by atoms with E-state index in [2.05, 4.69) is 40.3 Å². The molecule has 0 aliphatic rings. The van der Waals surface area contributed by atoms with Gasteiger partial charge in [0.1, 0.15) is 5.75 Å². The molecule has 0 unspecified atom stereocenters. The number of thioether (sulfide) groups is 1. The Morgan fingerprint density at radius 3 is 2.81 bits per heavy atom. The first-order valence-corrected chi connectivity index (χ1v) is 10.2. The van der Waals surface area contributed by atoms with Gasteiger partial charge in [-0.15, -0.1) is 11.8 Å². The monoisotopic (exact) mass is 403 g/mol. The normalized spacial score (nSPS) is 11.1. The number of hydrogen-bond donors (Lipinski definition) is 0. The van der Waals surface area contributed by atoms with Crippen LogP contribution in [0, 0.1) is 0 Å². The molecule has 7 heteroatoms. The summed E-state index contributed by atoms with van der Waals surface area (Å²) in [4.78, 5) is 7.83. The number of methoxy groups -OCH3 is 1. The largest absolute Gasteiger partial charge is 0.496 e. The Hall–Kier alpha value is -2.02. The Morgan fingerprint density at radius 1 is 1.22 bits per heavy atom. The zero-order chi connectivity index (χ0) is 19.2. The van der Waals surface area contributed by atoms with Gasteiger partial charge in [-0.05, 0) is 43.1 Å². The maximum atomic E-state index is 6.02. The third-order valence-electron chi connectivity index (χ3n) is 4.16. The van der Waals surface area contributed by atoms with E-state index < -0.39 is 0 Å². The SMILES string of the molecule is COc1cc(CN(C)CCc2nc(-c3cccc(Cl)c3)no2)ccc1SC. The van der Waals surface area contributed by atoms with Crippen molar-refractivity contribution in [2.45, 2.75) is 17.9 Å². The van der Waals surface area contributed by atoms with Gasteiger partial charge < -0.3 is 14.2 Å². The molecule has 0 saturated carbocycles. The van der Waals surface area contributed by atoms with Gasteiger partial charge in [-0.3, -0.25) is 0 Å². The smallest absolute Gasteiger partial charge is 0.228 e. The van der Waals surface area contributed by atoms with E-state index >= 15 is 0 Å². The fourth-order valence-corrected chi connectivity index (χ4v) is 3.50. The molecule has 0 aliphatic carbocycles. The Labute approximate surface area is 168 Å². The van der Waals surface area contributed by atoms with Crippen LogP contribution in [0.25, 0.3) is 11.4 Å². The summed E-state index contributed by atoms with van der Waals surface area (Å²) in [6.45, 7) is 1.63. The minimum absolute atomic E-state index is 0.563. The van der Waals surface area contributed by atoms with Crippen LogP contribution in [0.4, 0.5) is 0 Å². The van der Waals surface area contributed by atoms with Crippen molar-refractivity contribution in [1.82, 2.24) is 15.0 Å². The molecule has 0 spiro atoms. The molecule has 0 amide bonds. The lowest BCUT2D eigenvalue weighted by atomic mass is 10.2. The number of aromatic nitrogens is 2. The number of nitrogens with zero attached hydrogens (tertiary/aromatic N) is 3. The summed E-state index contributed by atoms with van der Waals surface area (Å²) >= 11 is 7.70. The van der Waals surface area contributed by atoms with Gasteiger partial charge in [-0.2, -0.15) is 4.98 Å². The summed E-state index contributed by atoms with van der Waals surface area (Å²) in [6.07, 6.45) is 2.73. The second kappa shape index (κ2) is 9.26. The summed E-state index contributed by atoms with van der Waals surface area (Å²) in [5.74, 6) is 2.09. The first-order valence-electron chi connectivity index (χ1n) is 8.57. The van der Waals surface area contributed by atoms with Crippen LogP contribution in [-0.2, 0) is 13.0 Å². The Kier molecular flexibility index (Phi) is 6.77. The van der Waals surface area contributed by atoms with Gasteiger partial charge >= 0.3 is 0 Å². The number of benzene rings is 2. The summed E-state index contributed by atoms with van der Waals surface area (Å²) in [5, 5.41) is 4.70. The molecule has 0 radical (unpaired) electrons. The van der Waals surface area contributed by atoms with Gasteiger partial charge in [0.25, 0.3) is 0 Å². The van der Waals surface area contributed by atoms with Crippen LogP contribution in [0.1, 0.15) is 11.5 Å². The molecule has 0 fully saturated rings. The van der Waals surface area contributed by atoms with Gasteiger partial charge in [-0.25, -0.2) is 0 Å². The summed E-state index contributed by atoms with van der Waals surface area (Å²) in [6, 6.07) is 13.8. The van der Waals surface area contributed by atoms with E-state index in [0.717, 1.165) is 29.3 Å².